The number of aryl methyl sites for hydroxylation is 2. The molecule has 0 bridgehead atoms. The van der Waals surface area contributed by atoms with Gasteiger partial charge in [0.1, 0.15) is 0 Å². The highest BCUT2D eigenvalue weighted by molar-refractivity contribution is 6.06. The number of benzene rings is 2. The highest BCUT2D eigenvalue weighted by Crippen LogP contribution is 2.29. The van der Waals surface area contributed by atoms with Gasteiger partial charge in [0, 0.05) is 11.1 Å². The summed E-state index contributed by atoms with van der Waals surface area (Å²) in [5.74, 6) is 0. The van der Waals surface area contributed by atoms with Gasteiger partial charge in [0.25, 0.3) is 0 Å². The van der Waals surface area contributed by atoms with Gasteiger partial charge >= 0.3 is 0 Å². The summed E-state index contributed by atoms with van der Waals surface area (Å²) in [5.41, 5.74) is 3.91. The lowest BCUT2D eigenvalue weighted by atomic mass is 10.0. The largest absolute Gasteiger partial charge is 0.253 e. The maximum absolute atomic E-state index is 4.81. The monoisotopic (exact) mass is 219 g/mol. The Morgan fingerprint density at radius 3 is 2.82 bits per heavy atom. The molecule has 0 spiro atoms. The van der Waals surface area contributed by atoms with Gasteiger partial charge in [-0.25, -0.2) is 0 Å². The molecule has 1 heteroatoms. The third-order valence-electron chi connectivity index (χ3n) is 3.75. The van der Waals surface area contributed by atoms with E-state index in [1.54, 1.807) is 0 Å². The van der Waals surface area contributed by atoms with Gasteiger partial charge in [-0.05, 0) is 47.7 Å². The average molecular weight is 219 g/mol. The zero-order valence-corrected chi connectivity index (χ0v) is 9.61. The van der Waals surface area contributed by atoms with Crippen molar-refractivity contribution in [3.63, 3.8) is 0 Å². The molecule has 1 heterocycles. The number of fused-ring (bicyclic) bond motifs is 4. The molecule has 82 valence electrons. The van der Waals surface area contributed by atoms with Gasteiger partial charge in [0.15, 0.2) is 0 Å². The predicted molar refractivity (Wildman–Crippen MR) is 71.3 cm³/mol. The first-order valence-electron chi connectivity index (χ1n) is 6.22. The summed E-state index contributed by atoms with van der Waals surface area (Å²) in [6, 6.07) is 15.2. The summed E-state index contributed by atoms with van der Waals surface area (Å²) >= 11 is 0. The number of aromatic nitrogens is 1. The van der Waals surface area contributed by atoms with Crippen LogP contribution < -0.4 is 0 Å². The Morgan fingerprint density at radius 2 is 1.82 bits per heavy atom. The van der Waals surface area contributed by atoms with Gasteiger partial charge in [0.2, 0.25) is 0 Å². The highest BCUT2D eigenvalue weighted by atomic mass is 14.7. The molecule has 3 aromatic rings. The minimum absolute atomic E-state index is 1.14. The molecule has 0 fully saturated rings. The van der Waals surface area contributed by atoms with Gasteiger partial charge < -0.3 is 0 Å². The topological polar surface area (TPSA) is 12.9 Å². The van der Waals surface area contributed by atoms with Crippen LogP contribution >= 0.6 is 0 Å². The molecule has 2 aromatic carbocycles. The smallest absolute Gasteiger partial charge is 0.0711 e. The van der Waals surface area contributed by atoms with Gasteiger partial charge in [0.05, 0.1) is 5.52 Å². The van der Waals surface area contributed by atoms with E-state index in [1.807, 2.05) is 0 Å². The molecule has 0 saturated heterocycles. The Kier molecular flexibility index (Phi) is 1.78. The Hall–Kier alpha value is -1.89. The Balaban J connectivity index is 2.19. The lowest BCUT2D eigenvalue weighted by molar-refractivity contribution is 0.901. The lowest BCUT2D eigenvalue weighted by Crippen LogP contribution is -1.90. The van der Waals surface area contributed by atoms with E-state index in [0.29, 0.717) is 0 Å². The summed E-state index contributed by atoms with van der Waals surface area (Å²) in [7, 11) is 0. The molecule has 1 aliphatic rings. The maximum Gasteiger partial charge on any atom is 0.0711 e. The van der Waals surface area contributed by atoms with Gasteiger partial charge in [-0.3, -0.25) is 4.98 Å². The number of rotatable bonds is 0. The van der Waals surface area contributed by atoms with Crippen molar-refractivity contribution in [1.29, 1.82) is 0 Å². The first-order valence-corrected chi connectivity index (χ1v) is 6.22. The van der Waals surface area contributed by atoms with Crippen molar-refractivity contribution < 1.29 is 0 Å². The molecule has 0 radical (unpaired) electrons. The lowest BCUT2D eigenvalue weighted by Gasteiger charge is -2.06. The van der Waals surface area contributed by atoms with Crippen LogP contribution in [0.2, 0.25) is 0 Å². The van der Waals surface area contributed by atoms with Crippen LogP contribution in [0.1, 0.15) is 17.7 Å². The van der Waals surface area contributed by atoms with Crippen LogP contribution in [0.4, 0.5) is 0 Å². The molecular weight excluding hydrogens is 206 g/mol. The van der Waals surface area contributed by atoms with E-state index in [-0.39, 0.29) is 0 Å². The van der Waals surface area contributed by atoms with Crippen molar-refractivity contribution in [3.8, 4) is 0 Å². The van der Waals surface area contributed by atoms with Crippen LogP contribution in [0, 0.1) is 0 Å². The first kappa shape index (κ1) is 9.17. The second-order valence-electron chi connectivity index (χ2n) is 4.80. The van der Waals surface area contributed by atoms with Crippen molar-refractivity contribution in [2.24, 2.45) is 0 Å². The number of hydrogen-bond acceptors (Lipinski definition) is 1. The first-order chi connectivity index (χ1) is 8.42. The van der Waals surface area contributed by atoms with E-state index in [2.05, 4.69) is 42.5 Å². The van der Waals surface area contributed by atoms with E-state index in [4.69, 9.17) is 4.98 Å². The standard InChI is InChI=1S/C16H13N/c1-2-6-13-11(4-1)8-9-16-14(13)10-12-5-3-7-15(12)17-16/h1-2,4,6,8-10H,3,5,7H2. The zero-order valence-electron chi connectivity index (χ0n) is 9.61. The van der Waals surface area contributed by atoms with Crippen LogP contribution in [0.25, 0.3) is 21.7 Å². The Labute approximate surface area is 100 Å². The highest BCUT2D eigenvalue weighted by Gasteiger charge is 2.13. The molecule has 0 saturated carbocycles. The number of pyridine rings is 1. The van der Waals surface area contributed by atoms with Gasteiger partial charge in [-0.2, -0.15) is 0 Å². The molecule has 1 aromatic heterocycles. The van der Waals surface area contributed by atoms with Gasteiger partial charge in [-0.1, -0.05) is 30.3 Å². The quantitative estimate of drug-likeness (QED) is 0.523. The second kappa shape index (κ2) is 3.30. The van der Waals surface area contributed by atoms with E-state index in [0.717, 1.165) is 11.9 Å². The maximum atomic E-state index is 4.81. The number of nitrogens with zero attached hydrogens (tertiary/aromatic N) is 1. The van der Waals surface area contributed by atoms with Crippen LogP contribution in [-0.2, 0) is 12.8 Å². The van der Waals surface area contributed by atoms with Gasteiger partial charge in [-0.15, -0.1) is 0 Å². The van der Waals surface area contributed by atoms with Crippen molar-refractivity contribution >= 4 is 21.7 Å². The predicted octanol–water partition coefficient (Wildman–Crippen LogP) is 3.88. The molecule has 4 rings (SSSR count). The summed E-state index contributed by atoms with van der Waals surface area (Å²) in [6.07, 6.45) is 3.61. The molecule has 0 amide bonds. The average Bonchev–Trinajstić information content (AvgIpc) is 2.83. The summed E-state index contributed by atoms with van der Waals surface area (Å²) in [6.45, 7) is 0. The van der Waals surface area contributed by atoms with Crippen LogP contribution in [0.3, 0.4) is 0 Å². The SMILES string of the molecule is c1ccc2c(c1)ccc1nc3c(cc12)CCC3. The molecule has 0 atom stereocenters. The third-order valence-corrected chi connectivity index (χ3v) is 3.75. The summed E-state index contributed by atoms with van der Waals surface area (Å²) < 4.78 is 0. The molecule has 1 aliphatic carbocycles. The normalized spacial score (nSPS) is 14.4. The van der Waals surface area contributed by atoms with E-state index < -0.39 is 0 Å². The fourth-order valence-electron chi connectivity index (χ4n) is 2.89. The van der Waals surface area contributed by atoms with Crippen LogP contribution in [0.15, 0.2) is 42.5 Å². The van der Waals surface area contributed by atoms with Crippen molar-refractivity contribution in [2.45, 2.75) is 19.3 Å². The number of hydrogen-bond donors (Lipinski definition) is 0. The van der Waals surface area contributed by atoms with Crippen LogP contribution in [-0.4, -0.2) is 4.98 Å². The summed E-state index contributed by atoms with van der Waals surface area (Å²) in [5, 5.41) is 3.94. The molecule has 1 nitrogen and oxygen atoms in total. The van der Waals surface area contributed by atoms with E-state index >= 15 is 0 Å². The van der Waals surface area contributed by atoms with Crippen LogP contribution in [0.5, 0.6) is 0 Å². The fourth-order valence-corrected chi connectivity index (χ4v) is 2.89. The minimum Gasteiger partial charge on any atom is -0.253 e. The van der Waals surface area contributed by atoms with E-state index in [1.165, 1.54) is 40.3 Å². The third kappa shape index (κ3) is 1.29. The van der Waals surface area contributed by atoms with Crippen molar-refractivity contribution in [1.82, 2.24) is 4.98 Å². The molecular formula is C16H13N. The summed E-state index contributed by atoms with van der Waals surface area (Å²) in [4.78, 5) is 4.81. The fraction of sp³-hybridized carbons (Fsp3) is 0.188. The minimum atomic E-state index is 1.14. The molecule has 0 unspecified atom stereocenters. The second-order valence-corrected chi connectivity index (χ2v) is 4.80. The zero-order chi connectivity index (χ0) is 11.2. The van der Waals surface area contributed by atoms with Crippen molar-refractivity contribution in [3.05, 3.63) is 53.7 Å². The van der Waals surface area contributed by atoms with Crippen molar-refractivity contribution in [2.75, 3.05) is 0 Å². The molecule has 17 heavy (non-hydrogen) atoms. The molecule has 0 aliphatic heterocycles. The Morgan fingerprint density at radius 1 is 0.882 bits per heavy atom. The molecule has 0 N–H and O–H groups in total. The Bertz CT molecular complexity index is 728. The van der Waals surface area contributed by atoms with E-state index in [9.17, 15) is 0 Å².